The van der Waals surface area contributed by atoms with Gasteiger partial charge in [-0.15, -0.1) is 11.3 Å². The van der Waals surface area contributed by atoms with Gasteiger partial charge in [0.05, 0.1) is 17.0 Å². The van der Waals surface area contributed by atoms with E-state index in [1.54, 1.807) is 11.3 Å². The van der Waals surface area contributed by atoms with E-state index in [0.29, 0.717) is 6.54 Å². The summed E-state index contributed by atoms with van der Waals surface area (Å²) in [6.45, 7) is 4.47. The molecule has 0 aliphatic carbocycles. The highest BCUT2D eigenvalue weighted by molar-refractivity contribution is 7.88. The summed E-state index contributed by atoms with van der Waals surface area (Å²) in [7, 11) is -3.11. The largest absolute Gasteiger partial charge is 0.293 e. The Morgan fingerprint density at radius 2 is 2.30 bits per heavy atom. The Morgan fingerprint density at radius 1 is 1.50 bits per heavy atom. The lowest BCUT2D eigenvalue weighted by Crippen LogP contribution is -2.46. The number of sulfonamides is 1. The highest BCUT2D eigenvalue weighted by Crippen LogP contribution is 2.20. The normalized spacial score (nSPS) is 21.2. The first-order valence-corrected chi connectivity index (χ1v) is 9.87. The summed E-state index contributed by atoms with van der Waals surface area (Å²) in [5.74, 6) is 0. The highest BCUT2D eigenvalue weighted by Gasteiger charge is 2.23. The van der Waals surface area contributed by atoms with Crippen LogP contribution in [0.2, 0.25) is 0 Å². The van der Waals surface area contributed by atoms with Gasteiger partial charge in [-0.05, 0) is 25.8 Å². The second-order valence-electron chi connectivity index (χ2n) is 5.33. The van der Waals surface area contributed by atoms with Crippen LogP contribution in [0.3, 0.4) is 0 Å². The number of piperidine rings is 1. The van der Waals surface area contributed by atoms with Crippen molar-refractivity contribution in [2.24, 2.45) is 0 Å². The minimum atomic E-state index is -3.11. The molecule has 1 aliphatic heterocycles. The summed E-state index contributed by atoms with van der Waals surface area (Å²) >= 11 is 1.71. The number of aryl methyl sites for hydroxylation is 1. The Hall–Kier alpha value is -0.500. The standard InChI is InChI=1S/C13H23N3O2S2/c1-3-13-15-11(10-19-13)9-16-7-5-4-6-12(16)8-14-20(2,17)18/h10,12,14H,3-9H2,1-2H3/t12-/m1/s1. The van der Waals surface area contributed by atoms with E-state index in [9.17, 15) is 8.42 Å². The van der Waals surface area contributed by atoms with Gasteiger partial charge in [-0.25, -0.2) is 18.1 Å². The molecule has 5 nitrogen and oxygen atoms in total. The maximum Gasteiger partial charge on any atom is 0.208 e. The maximum atomic E-state index is 11.2. The quantitative estimate of drug-likeness (QED) is 0.866. The third kappa shape index (κ3) is 4.80. The van der Waals surface area contributed by atoms with Gasteiger partial charge in [0.25, 0.3) is 0 Å². The van der Waals surface area contributed by atoms with Crippen LogP contribution in [-0.2, 0) is 23.0 Å². The molecule has 1 N–H and O–H groups in total. The number of hydrogen-bond acceptors (Lipinski definition) is 5. The zero-order valence-electron chi connectivity index (χ0n) is 12.1. The van der Waals surface area contributed by atoms with Crippen molar-refractivity contribution in [1.29, 1.82) is 0 Å². The van der Waals surface area contributed by atoms with E-state index in [1.165, 1.54) is 24.1 Å². The number of nitrogens with zero attached hydrogens (tertiary/aromatic N) is 2. The third-order valence-corrected chi connectivity index (χ3v) is 5.33. The molecule has 0 spiro atoms. The van der Waals surface area contributed by atoms with Gasteiger partial charge in [0.15, 0.2) is 0 Å². The number of rotatable bonds is 6. The molecule has 114 valence electrons. The van der Waals surface area contributed by atoms with Crippen molar-refractivity contribution in [3.8, 4) is 0 Å². The Labute approximate surface area is 125 Å². The second-order valence-corrected chi connectivity index (χ2v) is 8.10. The summed E-state index contributed by atoms with van der Waals surface area (Å²) in [6, 6.07) is 0.283. The van der Waals surface area contributed by atoms with Gasteiger partial charge >= 0.3 is 0 Å². The van der Waals surface area contributed by atoms with Crippen LogP contribution in [0.5, 0.6) is 0 Å². The molecule has 20 heavy (non-hydrogen) atoms. The van der Waals surface area contributed by atoms with Gasteiger partial charge in [-0.2, -0.15) is 0 Å². The van der Waals surface area contributed by atoms with Gasteiger partial charge in [0.1, 0.15) is 0 Å². The highest BCUT2D eigenvalue weighted by atomic mass is 32.2. The first-order chi connectivity index (χ1) is 9.48. The first kappa shape index (κ1) is 15.9. The van der Waals surface area contributed by atoms with Crippen LogP contribution >= 0.6 is 11.3 Å². The summed E-state index contributed by atoms with van der Waals surface area (Å²) in [4.78, 5) is 6.96. The van der Waals surface area contributed by atoms with Crippen molar-refractivity contribution in [3.63, 3.8) is 0 Å². The molecule has 0 saturated carbocycles. The summed E-state index contributed by atoms with van der Waals surface area (Å²) in [5.41, 5.74) is 1.11. The molecule has 0 bridgehead atoms. The van der Waals surface area contributed by atoms with Crippen LogP contribution in [0.15, 0.2) is 5.38 Å². The molecule has 1 atom stereocenters. The number of aromatic nitrogens is 1. The number of thiazole rings is 1. The summed E-state index contributed by atoms with van der Waals surface area (Å²) in [6.07, 6.45) is 5.59. The minimum absolute atomic E-state index is 0.283. The van der Waals surface area contributed by atoms with E-state index in [0.717, 1.165) is 31.6 Å². The van der Waals surface area contributed by atoms with Crippen molar-refractivity contribution in [2.45, 2.75) is 45.2 Å². The molecule has 1 aliphatic rings. The van der Waals surface area contributed by atoms with E-state index in [4.69, 9.17) is 0 Å². The fourth-order valence-corrected chi connectivity index (χ4v) is 3.77. The van der Waals surface area contributed by atoms with Crippen molar-refractivity contribution < 1.29 is 8.42 Å². The minimum Gasteiger partial charge on any atom is -0.293 e. The van der Waals surface area contributed by atoms with Crippen molar-refractivity contribution in [3.05, 3.63) is 16.1 Å². The van der Waals surface area contributed by atoms with Crippen LogP contribution in [-0.4, -0.2) is 43.7 Å². The Morgan fingerprint density at radius 3 is 2.95 bits per heavy atom. The van der Waals surface area contributed by atoms with Gasteiger partial charge in [0.2, 0.25) is 10.0 Å². The zero-order valence-corrected chi connectivity index (χ0v) is 13.8. The van der Waals surface area contributed by atoms with Crippen LogP contribution in [0, 0.1) is 0 Å². The molecule has 7 heteroatoms. The molecule has 2 rings (SSSR count). The summed E-state index contributed by atoms with van der Waals surface area (Å²) in [5, 5.41) is 3.29. The van der Waals surface area contributed by atoms with Gasteiger partial charge < -0.3 is 0 Å². The predicted octanol–water partition coefficient (Wildman–Crippen LogP) is 1.61. The molecule has 0 radical (unpaired) electrons. The van der Waals surface area contributed by atoms with E-state index < -0.39 is 10.0 Å². The van der Waals surface area contributed by atoms with Crippen LogP contribution in [0.4, 0.5) is 0 Å². The molecular weight excluding hydrogens is 294 g/mol. The topological polar surface area (TPSA) is 62.3 Å². The lowest BCUT2D eigenvalue weighted by atomic mass is 10.0. The Balaban J connectivity index is 1.95. The molecule has 0 amide bonds. The van der Waals surface area contributed by atoms with Crippen molar-refractivity contribution >= 4 is 21.4 Å². The smallest absolute Gasteiger partial charge is 0.208 e. The van der Waals surface area contributed by atoms with Crippen LogP contribution in [0.1, 0.15) is 36.9 Å². The van der Waals surface area contributed by atoms with E-state index in [-0.39, 0.29) is 6.04 Å². The third-order valence-electron chi connectivity index (χ3n) is 3.60. The maximum absolute atomic E-state index is 11.2. The number of nitrogens with one attached hydrogen (secondary N) is 1. The van der Waals surface area contributed by atoms with Crippen molar-refractivity contribution in [1.82, 2.24) is 14.6 Å². The molecule has 0 aromatic carbocycles. The molecule has 0 unspecified atom stereocenters. The average molecular weight is 317 g/mol. The lowest BCUT2D eigenvalue weighted by Gasteiger charge is -2.35. The Bertz CT molecular complexity index is 527. The molecular formula is C13H23N3O2S2. The van der Waals surface area contributed by atoms with Gasteiger partial charge in [-0.3, -0.25) is 4.90 Å². The predicted molar refractivity (Wildman–Crippen MR) is 82.4 cm³/mol. The molecule has 1 fully saturated rings. The first-order valence-electron chi connectivity index (χ1n) is 7.10. The monoisotopic (exact) mass is 317 g/mol. The second kappa shape index (κ2) is 6.98. The fraction of sp³-hybridized carbons (Fsp3) is 0.769. The number of likely N-dealkylation sites (tertiary alicyclic amines) is 1. The molecule has 2 heterocycles. The average Bonchev–Trinajstić information content (AvgIpc) is 2.84. The lowest BCUT2D eigenvalue weighted by molar-refractivity contribution is 0.140. The fourth-order valence-electron chi connectivity index (χ4n) is 2.54. The van der Waals surface area contributed by atoms with Crippen LogP contribution in [0.25, 0.3) is 0 Å². The van der Waals surface area contributed by atoms with E-state index in [2.05, 4.69) is 26.9 Å². The van der Waals surface area contributed by atoms with Gasteiger partial charge in [0, 0.05) is 24.5 Å². The molecule has 1 aromatic rings. The summed E-state index contributed by atoms with van der Waals surface area (Å²) < 4.78 is 25.1. The zero-order chi connectivity index (χ0) is 14.6. The number of hydrogen-bond donors (Lipinski definition) is 1. The SMILES string of the molecule is CCc1nc(CN2CCCC[C@@H]2CNS(C)(=O)=O)cs1. The molecule has 1 saturated heterocycles. The van der Waals surface area contributed by atoms with Gasteiger partial charge in [-0.1, -0.05) is 13.3 Å². The Kier molecular flexibility index (Phi) is 5.54. The van der Waals surface area contributed by atoms with E-state index >= 15 is 0 Å². The van der Waals surface area contributed by atoms with Crippen LogP contribution < -0.4 is 4.72 Å². The molecule has 1 aromatic heterocycles. The van der Waals surface area contributed by atoms with Crippen molar-refractivity contribution in [2.75, 3.05) is 19.3 Å². The van der Waals surface area contributed by atoms with E-state index in [1.807, 2.05) is 0 Å².